The van der Waals surface area contributed by atoms with Crippen molar-refractivity contribution in [3.63, 3.8) is 0 Å². The van der Waals surface area contributed by atoms with Gasteiger partial charge in [-0.1, -0.05) is 18.2 Å². The Morgan fingerprint density at radius 3 is 2.85 bits per heavy atom. The Hall–Kier alpha value is -2.33. The molecule has 4 nitrogen and oxygen atoms in total. The maximum atomic E-state index is 12.0. The van der Waals surface area contributed by atoms with E-state index in [1.807, 2.05) is 30.3 Å². The second-order valence-corrected chi connectivity index (χ2v) is 4.55. The van der Waals surface area contributed by atoms with Crippen LogP contribution in [0.2, 0.25) is 0 Å². The van der Waals surface area contributed by atoms with E-state index in [4.69, 9.17) is 9.47 Å². The van der Waals surface area contributed by atoms with Crippen molar-refractivity contribution < 1.29 is 14.3 Å². The zero-order chi connectivity index (χ0) is 13.8. The van der Waals surface area contributed by atoms with Crippen molar-refractivity contribution in [1.29, 1.82) is 0 Å². The number of ether oxygens (including phenoxy) is 2. The number of rotatable bonds is 2. The smallest absolute Gasteiger partial charge is 0.343 e. The molecule has 1 aliphatic heterocycles. The van der Waals surface area contributed by atoms with Gasteiger partial charge in [-0.2, -0.15) is 0 Å². The van der Waals surface area contributed by atoms with Crippen molar-refractivity contribution in [3.8, 4) is 11.5 Å². The number of carbonyl (C=O) groups is 1. The van der Waals surface area contributed by atoms with E-state index in [0.29, 0.717) is 24.5 Å². The van der Waals surface area contributed by atoms with Crippen LogP contribution in [0.15, 0.2) is 48.5 Å². The van der Waals surface area contributed by atoms with Gasteiger partial charge in [0.05, 0.1) is 5.56 Å². The van der Waals surface area contributed by atoms with E-state index in [-0.39, 0.29) is 5.97 Å². The Kier molecular flexibility index (Phi) is 3.65. The number of nitrogens with one attached hydrogen (secondary N) is 1. The molecule has 0 saturated heterocycles. The molecule has 2 aromatic rings. The number of hydrogen-bond donors (Lipinski definition) is 1. The molecule has 1 N–H and O–H groups in total. The van der Waals surface area contributed by atoms with Gasteiger partial charge in [0.25, 0.3) is 0 Å². The fourth-order valence-corrected chi connectivity index (χ4v) is 2.09. The maximum absolute atomic E-state index is 12.0. The first-order chi connectivity index (χ1) is 9.83. The van der Waals surface area contributed by atoms with Gasteiger partial charge in [0.15, 0.2) is 0 Å². The Balaban J connectivity index is 1.78. The van der Waals surface area contributed by atoms with Crippen LogP contribution in [0.5, 0.6) is 11.5 Å². The standard InChI is InChI=1S/C16H15NO3/c18-16(12-4-2-1-3-5-12)20-14-6-7-15-13(10-14)11-17-8-9-19-15/h1-7,10,17H,8-9,11H2. The highest BCUT2D eigenvalue weighted by Crippen LogP contribution is 2.25. The van der Waals surface area contributed by atoms with Crippen molar-refractivity contribution in [2.75, 3.05) is 13.2 Å². The molecule has 1 aliphatic rings. The van der Waals surface area contributed by atoms with Crippen LogP contribution in [0.3, 0.4) is 0 Å². The summed E-state index contributed by atoms with van der Waals surface area (Å²) in [7, 11) is 0. The Labute approximate surface area is 117 Å². The van der Waals surface area contributed by atoms with E-state index in [2.05, 4.69) is 5.32 Å². The van der Waals surface area contributed by atoms with Gasteiger partial charge in [-0.25, -0.2) is 4.79 Å². The Bertz CT molecular complexity index is 610. The number of carbonyl (C=O) groups excluding carboxylic acids is 1. The summed E-state index contributed by atoms with van der Waals surface area (Å²) >= 11 is 0. The molecule has 102 valence electrons. The summed E-state index contributed by atoms with van der Waals surface area (Å²) in [5.74, 6) is 1.02. The molecule has 4 heteroatoms. The van der Waals surface area contributed by atoms with Gasteiger partial charge in [-0.05, 0) is 30.3 Å². The highest BCUT2D eigenvalue weighted by atomic mass is 16.5. The quantitative estimate of drug-likeness (QED) is 0.671. The third kappa shape index (κ3) is 2.81. The topological polar surface area (TPSA) is 47.6 Å². The minimum absolute atomic E-state index is 0.354. The lowest BCUT2D eigenvalue weighted by Crippen LogP contribution is -2.16. The van der Waals surface area contributed by atoms with Gasteiger partial charge in [0.2, 0.25) is 0 Å². The van der Waals surface area contributed by atoms with Crippen LogP contribution in [0.1, 0.15) is 15.9 Å². The first kappa shape index (κ1) is 12.7. The van der Waals surface area contributed by atoms with Crippen LogP contribution in [0.25, 0.3) is 0 Å². The van der Waals surface area contributed by atoms with Gasteiger partial charge < -0.3 is 14.8 Å². The lowest BCUT2D eigenvalue weighted by atomic mass is 10.2. The molecule has 1 heterocycles. The first-order valence-electron chi connectivity index (χ1n) is 6.56. The molecule has 0 aromatic heterocycles. The maximum Gasteiger partial charge on any atom is 0.343 e. The van der Waals surface area contributed by atoms with Crippen LogP contribution in [-0.2, 0) is 6.54 Å². The molecular formula is C16H15NO3. The van der Waals surface area contributed by atoms with Gasteiger partial charge in [-0.15, -0.1) is 0 Å². The zero-order valence-corrected chi connectivity index (χ0v) is 11.0. The van der Waals surface area contributed by atoms with E-state index < -0.39 is 0 Å². The number of hydrogen-bond acceptors (Lipinski definition) is 4. The number of esters is 1. The van der Waals surface area contributed by atoms with E-state index >= 15 is 0 Å². The molecule has 0 bridgehead atoms. The molecule has 0 unspecified atom stereocenters. The van der Waals surface area contributed by atoms with Gasteiger partial charge in [0, 0.05) is 18.7 Å². The normalized spacial score (nSPS) is 13.8. The van der Waals surface area contributed by atoms with Crippen molar-refractivity contribution in [1.82, 2.24) is 5.32 Å². The van der Waals surface area contributed by atoms with Gasteiger partial charge >= 0.3 is 5.97 Å². The average Bonchev–Trinajstić information content (AvgIpc) is 2.73. The lowest BCUT2D eigenvalue weighted by molar-refractivity contribution is 0.0734. The van der Waals surface area contributed by atoms with Crippen molar-refractivity contribution >= 4 is 5.97 Å². The Morgan fingerprint density at radius 2 is 2.00 bits per heavy atom. The van der Waals surface area contributed by atoms with Gasteiger partial charge in [-0.3, -0.25) is 0 Å². The van der Waals surface area contributed by atoms with Crippen molar-refractivity contribution in [2.24, 2.45) is 0 Å². The second kappa shape index (κ2) is 5.75. The molecular weight excluding hydrogens is 254 g/mol. The summed E-state index contributed by atoms with van der Waals surface area (Å²) in [5.41, 5.74) is 1.54. The number of benzene rings is 2. The molecule has 20 heavy (non-hydrogen) atoms. The summed E-state index contributed by atoms with van der Waals surface area (Å²) in [4.78, 5) is 12.0. The molecule has 0 fully saturated rings. The third-order valence-corrected chi connectivity index (χ3v) is 3.10. The van der Waals surface area contributed by atoms with E-state index in [9.17, 15) is 4.79 Å². The van der Waals surface area contributed by atoms with Crippen molar-refractivity contribution in [3.05, 3.63) is 59.7 Å². The summed E-state index contributed by atoms with van der Waals surface area (Å²) in [6, 6.07) is 14.4. The molecule has 0 amide bonds. The largest absolute Gasteiger partial charge is 0.492 e. The van der Waals surface area contributed by atoms with Crippen molar-refractivity contribution in [2.45, 2.75) is 6.54 Å². The summed E-state index contributed by atoms with van der Waals surface area (Å²) in [6.45, 7) is 2.18. The van der Waals surface area contributed by atoms with Crippen LogP contribution in [0.4, 0.5) is 0 Å². The predicted octanol–water partition coefficient (Wildman–Crippen LogP) is 2.39. The van der Waals surface area contributed by atoms with E-state index in [1.165, 1.54) is 0 Å². The Morgan fingerprint density at radius 1 is 1.15 bits per heavy atom. The fraction of sp³-hybridized carbons (Fsp3) is 0.188. The minimum Gasteiger partial charge on any atom is -0.492 e. The highest BCUT2D eigenvalue weighted by molar-refractivity contribution is 5.91. The molecule has 0 saturated carbocycles. The summed E-state index contributed by atoms with van der Waals surface area (Å²) < 4.78 is 11.0. The van der Waals surface area contributed by atoms with Crippen LogP contribution in [-0.4, -0.2) is 19.1 Å². The summed E-state index contributed by atoms with van der Waals surface area (Å²) in [5, 5.41) is 3.25. The lowest BCUT2D eigenvalue weighted by Gasteiger charge is -2.09. The SMILES string of the molecule is O=C(Oc1ccc2c(c1)CNCCO2)c1ccccc1. The highest BCUT2D eigenvalue weighted by Gasteiger charge is 2.12. The van der Waals surface area contributed by atoms with Crippen LogP contribution in [0, 0.1) is 0 Å². The van der Waals surface area contributed by atoms with E-state index in [0.717, 1.165) is 17.9 Å². The molecule has 0 radical (unpaired) electrons. The van der Waals surface area contributed by atoms with Crippen LogP contribution >= 0.6 is 0 Å². The minimum atomic E-state index is -0.354. The number of fused-ring (bicyclic) bond motifs is 1. The molecule has 2 aromatic carbocycles. The van der Waals surface area contributed by atoms with Crippen LogP contribution < -0.4 is 14.8 Å². The zero-order valence-electron chi connectivity index (χ0n) is 11.0. The second-order valence-electron chi connectivity index (χ2n) is 4.55. The molecule has 3 rings (SSSR count). The molecule has 0 aliphatic carbocycles. The molecule has 0 atom stereocenters. The molecule has 0 spiro atoms. The van der Waals surface area contributed by atoms with E-state index in [1.54, 1.807) is 18.2 Å². The predicted molar refractivity (Wildman–Crippen MR) is 75.0 cm³/mol. The average molecular weight is 269 g/mol. The monoisotopic (exact) mass is 269 g/mol. The first-order valence-corrected chi connectivity index (χ1v) is 6.56. The fourth-order valence-electron chi connectivity index (χ4n) is 2.09. The third-order valence-electron chi connectivity index (χ3n) is 3.10. The van der Waals surface area contributed by atoms with Gasteiger partial charge in [0.1, 0.15) is 18.1 Å². The summed E-state index contributed by atoms with van der Waals surface area (Å²) in [6.07, 6.45) is 0.